The third-order valence-corrected chi connectivity index (χ3v) is 9.54. The highest BCUT2D eigenvalue weighted by molar-refractivity contribution is 7.52. The molecule has 2 aliphatic rings. The van der Waals surface area contributed by atoms with Crippen molar-refractivity contribution in [3.05, 3.63) is 102 Å². The van der Waals surface area contributed by atoms with E-state index in [0.717, 1.165) is 33.2 Å². The van der Waals surface area contributed by atoms with E-state index in [4.69, 9.17) is 20.0 Å². The monoisotopic (exact) mass is 690 g/mol. The van der Waals surface area contributed by atoms with Crippen molar-refractivity contribution in [2.24, 2.45) is 0 Å². The van der Waals surface area contributed by atoms with Crippen molar-refractivity contribution in [3.8, 4) is 16.9 Å². The molecule has 6 rings (SSSR count). The zero-order valence-electron chi connectivity index (χ0n) is 25.4. The molecule has 0 unspecified atom stereocenters. The summed E-state index contributed by atoms with van der Waals surface area (Å²) in [4.78, 5) is 59.2. The Kier molecular flexibility index (Phi) is 9.37. The van der Waals surface area contributed by atoms with Gasteiger partial charge in [-0.25, -0.2) is 9.97 Å². The lowest BCUT2D eigenvalue weighted by Gasteiger charge is -2.20. The van der Waals surface area contributed by atoms with E-state index >= 15 is 0 Å². The molecule has 0 fully saturated rings. The Morgan fingerprint density at radius 1 is 0.750 bits per heavy atom. The SMILES string of the molecule is C=C(OO)Oc1ccc(-c2c3ccc(cc4nc(c(C(CCP(=O)(O)O)CCP(=O)(O)O)c5nc(cc6ccc2[nH]6)C=C5)C=C4)[nH]3)cc1. The van der Waals surface area contributed by atoms with Crippen LogP contribution < -0.4 is 4.74 Å². The maximum atomic E-state index is 11.9. The fraction of sp³-hybridized carbons (Fsp3) is 0.152. The van der Waals surface area contributed by atoms with Crippen molar-refractivity contribution < 1.29 is 43.6 Å². The second kappa shape index (κ2) is 13.5. The highest BCUT2D eigenvalue weighted by Gasteiger charge is 2.27. The van der Waals surface area contributed by atoms with Gasteiger partial charge in [0, 0.05) is 33.2 Å². The Bertz CT molecular complexity index is 2070. The number of H-pyrrole nitrogens is 2. The topological polar surface area (TPSA) is 211 Å². The molecule has 8 bridgehead atoms. The van der Waals surface area contributed by atoms with Gasteiger partial charge >= 0.3 is 21.1 Å². The molecule has 0 saturated heterocycles. The number of rotatable bonds is 11. The predicted molar refractivity (Wildman–Crippen MR) is 184 cm³/mol. The first-order chi connectivity index (χ1) is 22.8. The van der Waals surface area contributed by atoms with E-state index in [2.05, 4.69) is 21.4 Å². The van der Waals surface area contributed by atoms with Crippen molar-refractivity contribution in [1.82, 2.24) is 19.9 Å². The number of nitrogens with one attached hydrogen (secondary N) is 2. The van der Waals surface area contributed by atoms with E-state index in [-0.39, 0.29) is 18.8 Å². The summed E-state index contributed by atoms with van der Waals surface area (Å²) in [5, 5.41) is 8.77. The fourth-order valence-electron chi connectivity index (χ4n) is 5.75. The molecule has 0 aliphatic carbocycles. The van der Waals surface area contributed by atoms with Crippen LogP contribution in [0.25, 0.3) is 57.5 Å². The first-order valence-corrected chi connectivity index (χ1v) is 18.4. The molecule has 15 heteroatoms. The van der Waals surface area contributed by atoms with Crippen molar-refractivity contribution in [3.63, 3.8) is 0 Å². The molecule has 5 heterocycles. The van der Waals surface area contributed by atoms with Gasteiger partial charge in [-0.3, -0.25) is 9.13 Å². The van der Waals surface area contributed by atoms with Crippen LogP contribution in [-0.2, 0) is 14.0 Å². The Labute approximate surface area is 274 Å². The number of fused-ring (bicyclic) bond motifs is 8. The van der Waals surface area contributed by atoms with Gasteiger partial charge in [0.1, 0.15) is 5.75 Å². The molecule has 2 aliphatic heterocycles. The maximum absolute atomic E-state index is 11.9. The summed E-state index contributed by atoms with van der Waals surface area (Å²) in [5.74, 6) is -0.483. The van der Waals surface area contributed by atoms with Gasteiger partial charge in [0.05, 0.1) is 35.1 Å². The molecule has 0 amide bonds. The lowest BCUT2D eigenvalue weighted by Crippen LogP contribution is -2.09. The molecule has 0 saturated carbocycles. The number of aromatic amines is 2. The van der Waals surface area contributed by atoms with Gasteiger partial charge in [-0.2, -0.15) is 5.26 Å². The summed E-state index contributed by atoms with van der Waals surface area (Å²) in [5.41, 5.74) is 7.59. The standard InChI is InChI=1S/C33H32N4O9P2/c1-20(46-38)45-27-8-2-21(3-9-27)32-28-10-4-23(34-28)18-25-6-12-30(36-25)33(22(14-16-47(39,40)41)15-17-48(42,43)44)31-13-7-26(37-31)19-24-5-11-29(32)35-24/h2-13,18-19,22,34-35,38H,1,14-17H2,(H2,39,40,41)(H2,42,43,44). The number of hydrogen-bond donors (Lipinski definition) is 7. The molecule has 0 atom stereocenters. The van der Waals surface area contributed by atoms with E-state index in [0.29, 0.717) is 34.1 Å². The van der Waals surface area contributed by atoms with Gasteiger partial charge in [-0.15, -0.1) is 0 Å². The first-order valence-electron chi connectivity index (χ1n) is 14.8. The number of hydrogen-bond acceptors (Lipinski definition) is 7. The van der Waals surface area contributed by atoms with Gasteiger partial charge in [0.15, 0.2) is 0 Å². The van der Waals surface area contributed by atoms with E-state index < -0.39 is 33.4 Å². The number of nitrogens with zero attached hydrogens (tertiary/aromatic N) is 2. The minimum absolute atomic E-state index is 0.0208. The van der Waals surface area contributed by atoms with Gasteiger partial charge in [0.25, 0.3) is 0 Å². The van der Waals surface area contributed by atoms with E-state index in [9.17, 15) is 28.7 Å². The molecule has 4 aromatic rings. The summed E-state index contributed by atoms with van der Waals surface area (Å²) >= 11 is 0. The average molecular weight is 691 g/mol. The van der Waals surface area contributed by atoms with Gasteiger partial charge in [0.2, 0.25) is 0 Å². The highest BCUT2D eigenvalue weighted by Crippen LogP contribution is 2.44. The fourth-order valence-corrected chi connectivity index (χ4v) is 7.04. The van der Waals surface area contributed by atoms with Gasteiger partial charge in [-0.05, 0) is 104 Å². The van der Waals surface area contributed by atoms with Crippen LogP contribution >= 0.6 is 15.2 Å². The van der Waals surface area contributed by atoms with Gasteiger partial charge in [-0.1, -0.05) is 12.1 Å². The lowest BCUT2D eigenvalue weighted by atomic mass is 9.91. The van der Waals surface area contributed by atoms with E-state index in [1.807, 2.05) is 48.5 Å². The second-order valence-corrected chi connectivity index (χ2v) is 14.9. The Hall–Kier alpha value is -4.58. The number of benzene rings is 1. The number of ether oxygens (including phenoxy) is 1. The Morgan fingerprint density at radius 2 is 1.25 bits per heavy atom. The van der Waals surface area contributed by atoms with Crippen LogP contribution in [0.3, 0.4) is 0 Å². The summed E-state index contributed by atoms with van der Waals surface area (Å²) in [6.07, 6.45) is 6.20. The van der Waals surface area contributed by atoms with Gasteiger partial charge < -0.3 is 39.2 Å². The zero-order valence-corrected chi connectivity index (χ0v) is 27.1. The van der Waals surface area contributed by atoms with Crippen LogP contribution in [0.1, 0.15) is 47.1 Å². The molecule has 13 nitrogen and oxygen atoms in total. The molecule has 1 aromatic carbocycles. The van der Waals surface area contributed by atoms with E-state index in [1.54, 1.807) is 36.4 Å². The molecule has 48 heavy (non-hydrogen) atoms. The predicted octanol–water partition coefficient (Wildman–Crippen LogP) is 6.88. The molecule has 3 aromatic heterocycles. The van der Waals surface area contributed by atoms with Crippen molar-refractivity contribution in [1.29, 1.82) is 0 Å². The lowest BCUT2D eigenvalue weighted by molar-refractivity contribution is -0.230. The first kappa shape index (κ1) is 33.3. The minimum Gasteiger partial charge on any atom is -0.425 e. The van der Waals surface area contributed by atoms with Crippen LogP contribution in [-0.4, -0.2) is 57.1 Å². The molecule has 0 spiro atoms. The van der Waals surface area contributed by atoms with Crippen molar-refractivity contribution in [2.45, 2.75) is 18.8 Å². The van der Waals surface area contributed by atoms with Crippen LogP contribution in [0.4, 0.5) is 0 Å². The summed E-state index contributed by atoms with van der Waals surface area (Å²) in [6.45, 7) is 3.46. The normalized spacial score (nSPS) is 12.9. The highest BCUT2D eigenvalue weighted by atomic mass is 31.2. The molecule has 0 radical (unpaired) electrons. The number of aromatic nitrogens is 4. The zero-order chi connectivity index (χ0) is 34.1. The molecule has 7 N–H and O–H groups in total. The Balaban J connectivity index is 1.55. The van der Waals surface area contributed by atoms with Crippen LogP contribution in [0.2, 0.25) is 0 Å². The minimum atomic E-state index is -4.41. The third-order valence-electron chi connectivity index (χ3n) is 7.86. The summed E-state index contributed by atoms with van der Waals surface area (Å²) in [7, 11) is -8.81. The molecule has 248 valence electrons. The van der Waals surface area contributed by atoms with Crippen LogP contribution in [0, 0.1) is 0 Å². The third kappa shape index (κ3) is 8.10. The Morgan fingerprint density at radius 3 is 1.71 bits per heavy atom. The van der Waals surface area contributed by atoms with Crippen LogP contribution in [0.15, 0.2) is 73.2 Å². The molecular weight excluding hydrogens is 658 g/mol. The summed E-state index contributed by atoms with van der Waals surface area (Å²) < 4.78 is 29.1. The maximum Gasteiger partial charge on any atom is 0.325 e. The average Bonchev–Trinajstić information content (AvgIpc) is 3.85. The molecular formula is C33H32N4O9P2. The smallest absolute Gasteiger partial charge is 0.325 e. The second-order valence-electron chi connectivity index (χ2n) is 11.4. The van der Waals surface area contributed by atoms with Crippen LogP contribution in [0.5, 0.6) is 5.75 Å². The van der Waals surface area contributed by atoms with Crippen molar-refractivity contribution >= 4 is 61.6 Å². The summed E-state index contributed by atoms with van der Waals surface area (Å²) in [6, 6.07) is 18.6. The quantitative estimate of drug-likeness (QED) is 0.0322. The van der Waals surface area contributed by atoms with Crippen molar-refractivity contribution in [2.75, 3.05) is 12.3 Å². The van der Waals surface area contributed by atoms with E-state index in [1.165, 1.54) is 0 Å². The largest absolute Gasteiger partial charge is 0.425 e.